The van der Waals surface area contributed by atoms with Crippen molar-refractivity contribution in [3.63, 3.8) is 0 Å². The number of benzene rings is 1. The molecular weight excluding hydrogens is 241 g/mol. The maximum atomic E-state index is 12.1. The van der Waals surface area contributed by atoms with Crippen LogP contribution in [-0.4, -0.2) is 26.6 Å². The van der Waals surface area contributed by atoms with Crippen LogP contribution >= 0.6 is 0 Å². The quantitative estimate of drug-likeness (QED) is 0.852. The van der Waals surface area contributed by atoms with Gasteiger partial charge in [0.1, 0.15) is 5.69 Å². The van der Waals surface area contributed by atoms with Crippen LogP contribution in [0.2, 0.25) is 0 Å². The van der Waals surface area contributed by atoms with E-state index in [-0.39, 0.29) is 5.69 Å². The smallest absolute Gasteiger partial charge is 0.403 e. The van der Waals surface area contributed by atoms with E-state index in [1.54, 1.807) is 0 Å². The zero-order chi connectivity index (χ0) is 12.5. The molecule has 17 heavy (non-hydrogen) atoms. The monoisotopic (exact) mass is 246 g/mol. The SMILES string of the molecule is O=c1[nH]nnn1-c1ccccc1OC(F)(F)F. The summed E-state index contributed by atoms with van der Waals surface area (Å²) in [6, 6.07) is 5.12. The number of hydrogen-bond acceptors (Lipinski definition) is 4. The van der Waals surface area contributed by atoms with Crippen LogP contribution in [0.5, 0.6) is 5.75 Å². The van der Waals surface area contributed by atoms with E-state index < -0.39 is 17.8 Å². The lowest BCUT2D eigenvalue weighted by Crippen LogP contribution is -2.21. The van der Waals surface area contributed by atoms with Crippen LogP contribution in [0.3, 0.4) is 0 Å². The minimum Gasteiger partial charge on any atom is -0.403 e. The van der Waals surface area contributed by atoms with Gasteiger partial charge in [-0.3, -0.25) is 0 Å². The van der Waals surface area contributed by atoms with Gasteiger partial charge >= 0.3 is 12.1 Å². The lowest BCUT2D eigenvalue weighted by molar-refractivity contribution is -0.274. The molecule has 1 aromatic carbocycles. The predicted molar refractivity (Wildman–Crippen MR) is 48.7 cm³/mol. The van der Waals surface area contributed by atoms with Crippen molar-refractivity contribution >= 4 is 0 Å². The summed E-state index contributed by atoms with van der Waals surface area (Å²) >= 11 is 0. The van der Waals surface area contributed by atoms with E-state index in [4.69, 9.17) is 0 Å². The van der Waals surface area contributed by atoms with Crippen molar-refractivity contribution in [2.45, 2.75) is 6.36 Å². The standard InChI is InChI=1S/C8H5F3N4O2/c9-8(10,11)17-6-4-2-1-3-5(6)15-7(16)12-13-14-15/h1-4H,(H,12,14,16). The van der Waals surface area contributed by atoms with Crippen molar-refractivity contribution in [1.82, 2.24) is 20.2 Å². The Balaban J connectivity index is 2.49. The van der Waals surface area contributed by atoms with E-state index in [1.165, 1.54) is 18.2 Å². The van der Waals surface area contributed by atoms with Gasteiger partial charge in [-0.2, -0.15) is 4.68 Å². The average Bonchev–Trinajstić information content (AvgIpc) is 2.63. The number of nitrogens with one attached hydrogen (secondary N) is 1. The van der Waals surface area contributed by atoms with Crippen LogP contribution in [0, 0.1) is 0 Å². The Hall–Kier alpha value is -2.32. The van der Waals surface area contributed by atoms with Gasteiger partial charge in [0.25, 0.3) is 0 Å². The van der Waals surface area contributed by atoms with Gasteiger partial charge in [0.05, 0.1) is 0 Å². The van der Waals surface area contributed by atoms with Gasteiger partial charge in [-0.1, -0.05) is 12.1 Å². The third-order valence-electron chi connectivity index (χ3n) is 1.79. The van der Waals surface area contributed by atoms with E-state index in [9.17, 15) is 18.0 Å². The normalized spacial score (nSPS) is 11.5. The minimum absolute atomic E-state index is 0.149. The van der Waals surface area contributed by atoms with Gasteiger partial charge in [0.2, 0.25) is 0 Å². The van der Waals surface area contributed by atoms with Gasteiger partial charge in [-0.05, 0) is 22.6 Å². The van der Waals surface area contributed by atoms with Crippen LogP contribution in [0.1, 0.15) is 0 Å². The lowest BCUT2D eigenvalue weighted by Gasteiger charge is -2.11. The molecule has 2 rings (SSSR count). The fourth-order valence-corrected chi connectivity index (χ4v) is 1.20. The Kier molecular flexibility index (Phi) is 2.58. The van der Waals surface area contributed by atoms with Gasteiger partial charge in [-0.15, -0.1) is 13.2 Å². The lowest BCUT2D eigenvalue weighted by atomic mass is 10.3. The topological polar surface area (TPSA) is 72.8 Å². The van der Waals surface area contributed by atoms with Crippen LogP contribution in [0.4, 0.5) is 13.2 Å². The second-order valence-electron chi connectivity index (χ2n) is 2.93. The molecule has 0 bridgehead atoms. The highest BCUT2D eigenvalue weighted by Gasteiger charge is 2.32. The van der Waals surface area contributed by atoms with Crippen molar-refractivity contribution < 1.29 is 17.9 Å². The first-order chi connectivity index (χ1) is 7.97. The summed E-state index contributed by atoms with van der Waals surface area (Å²) in [5.74, 6) is -0.531. The first-order valence-corrected chi connectivity index (χ1v) is 4.33. The molecule has 2 aromatic rings. The summed E-state index contributed by atoms with van der Waals surface area (Å²) in [5.41, 5.74) is -0.910. The number of ether oxygens (including phenoxy) is 1. The largest absolute Gasteiger partial charge is 0.573 e. The summed E-state index contributed by atoms with van der Waals surface area (Å²) in [6.07, 6.45) is -4.84. The summed E-state index contributed by atoms with van der Waals surface area (Å²) < 4.78 is 40.8. The molecule has 0 aliphatic rings. The number of alkyl halides is 3. The fraction of sp³-hybridized carbons (Fsp3) is 0.125. The number of hydrogen-bond donors (Lipinski definition) is 1. The number of aromatic amines is 1. The van der Waals surface area contributed by atoms with E-state index in [1.807, 2.05) is 5.10 Å². The summed E-state index contributed by atoms with van der Waals surface area (Å²) in [6.45, 7) is 0. The van der Waals surface area contributed by atoms with Crippen molar-refractivity contribution in [2.24, 2.45) is 0 Å². The van der Waals surface area contributed by atoms with Gasteiger partial charge in [0.15, 0.2) is 5.75 Å². The number of aromatic nitrogens is 4. The second kappa shape index (κ2) is 3.92. The minimum atomic E-state index is -4.84. The number of tetrazole rings is 1. The first-order valence-electron chi connectivity index (χ1n) is 4.33. The number of nitrogens with zero attached hydrogens (tertiary/aromatic N) is 3. The number of para-hydroxylation sites is 2. The summed E-state index contributed by atoms with van der Waals surface area (Å²) in [7, 11) is 0. The summed E-state index contributed by atoms with van der Waals surface area (Å²) in [4.78, 5) is 11.2. The molecule has 0 radical (unpaired) electrons. The van der Waals surface area contributed by atoms with E-state index in [0.29, 0.717) is 4.68 Å². The van der Waals surface area contributed by atoms with Crippen LogP contribution in [-0.2, 0) is 0 Å². The molecule has 0 aliphatic carbocycles. The molecule has 0 atom stereocenters. The average molecular weight is 246 g/mol. The molecule has 6 nitrogen and oxygen atoms in total. The molecule has 0 spiro atoms. The maximum Gasteiger partial charge on any atom is 0.573 e. The van der Waals surface area contributed by atoms with Gasteiger partial charge < -0.3 is 4.74 Å². The zero-order valence-corrected chi connectivity index (χ0v) is 8.10. The second-order valence-corrected chi connectivity index (χ2v) is 2.93. The summed E-state index contributed by atoms with van der Waals surface area (Å²) in [5, 5.41) is 8.47. The first kappa shape index (κ1) is 11.2. The molecule has 9 heteroatoms. The number of halogens is 3. The highest BCUT2D eigenvalue weighted by atomic mass is 19.4. The molecule has 0 saturated heterocycles. The third kappa shape index (κ3) is 2.44. The van der Waals surface area contributed by atoms with E-state index in [2.05, 4.69) is 15.2 Å². The van der Waals surface area contributed by atoms with Crippen molar-refractivity contribution in [1.29, 1.82) is 0 Å². The number of H-pyrrole nitrogens is 1. The Bertz CT molecular complexity index is 574. The molecule has 0 aliphatic heterocycles. The fourth-order valence-electron chi connectivity index (χ4n) is 1.20. The zero-order valence-electron chi connectivity index (χ0n) is 8.10. The highest BCUT2D eigenvalue weighted by molar-refractivity contribution is 5.45. The Morgan fingerprint density at radius 1 is 1.29 bits per heavy atom. The molecule has 0 fully saturated rings. The van der Waals surface area contributed by atoms with E-state index in [0.717, 1.165) is 6.07 Å². The van der Waals surface area contributed by atoms with Crippen LogP contribution in [0.25, 0.3) is 5.69 Å². The number of rotatable bonds is 2. The molecule has 90 valence electrons. The Morgan fingerprint density at radius 3 is 2.59 bits per heavy atom. The molecular formula is C8H5F3N4O2. The van der Waals surface area contributed by atoms with Gasteiger partial charge in [-0.25, -0.2) is 9.89 Å². The third-order valence-corrected chi connectivity index (χ3v) is 1.79. The van der Waals surface area contributed by atoms with Crippen LogP contribution < -0.4 is 10.4 Å². The van der Waals surface area contributed by atoms with Crippen molar-refractivity contribution in [2.75, 3.05) is 0 Å². The van der Waals surface area contributed by atoms with Crippen molar-refractivity contribution in [3.8, 4) is 11.4 Å². The molecule has 1 heterocycles. The van der Waals surface area contributed by atoms with Crippen molar-refractivity contribution in [3.05, 3.63) is 34.7 Å². The molecule has 0 amide bonds. The molecule has 0 unspecified atom stereocenters. The Morgan fingerprint density at radius 2 is 2.00 bits per heavy atom. The predicted octanol–water partition coefficient (Wildman–Crippen LogP) is 0.854. The molecule has 0 saturated carbocycles. The van der Waals surface area contributed by atoms with E-state index >= 15 is 0 Å². The molecule has 1 N–H and O–H groups in total. The highest BCUT2D eigenvalue weighted by Crippen LogP contribution is 2.27. The Labute approximate surface area is 91.6 Å². The maximum absolute atomic E-state index is 12.1. The van der Waals surface area contributed by atoms with Gasteiger partial charge in [0, 0.05) is 0 Å². The molecule has 1 aromatic heterocycles. The van der Waals surface area contributed by atoms with Crippen LogP contribution in [0.15, 0.2) is 29.1 Å².